The molecular formula is C7H5N2S. The Balaban J connectivity index is 2.48. The second kappa shape index (κ2) is 2.27. The van der Waals surface area contributed by atoms with Gasteiger partial charge in [-0.15, -0.1) is 11.3 Å². The molecule has 0 fully saturated rings. The van der Waals surface area contributed by atoms with Crippen LogP contribution in [0.25, 0.3) is 5.00 Å². The fourth-order valence-corrected chi connectivity index (χ4v) is 1.36. The van der Waals surface area contributed by atoms with Gasteiger partial charge in [-0.05, 0) is 17.5 Å². The minimum Gasteiger partial charge on any atom is -0.230 e. The fourth-order valence-electron chi connectivity index (χ4n) is 0.747. The monoisotopic (exact) mass is 149 g/mol. The highest BCUT2D eigenvalue weighted by Gasteiger charge is 1.93. The van der Waals surface area contributed by atoms with Gasteiger partial charge in [-0.2, -0.15) is 5.10 Å². The van der Waals surface area contributed by atoms with Crippen LogP contribution in [0.3, 0.4) is 0 Å². The van der Waals surface area contributed by atoms with Crippen molar-refractivity contribution >= 4 is 11.3 Å². The van der Waals surface area contributed by atoms with Crippen molar-refractivity contribution in [3.63, 3.8) is 0 Å². The average Bonchev–Trinajstić information content (AvgIpc) is 2.59. The van der Waals surface area contributed by atoms with Crippen LogP contribution in [-0.4, -0.2) is 9.78 Å². The highest BCUT2D eigenvalue weighted by Crippen LogP contribution is 2.11. The van der Waals surface area contributed by atoms with Crippen LogP contribution in [0.2, 0.25) is 0 Å². The Morgan fingerprint density at radius 3 is 3.20 bits per heavy atom. The second-order valence-electron chi connectivity index (χ2n) is 1.82. The fraction of sp³-hybridized carbons (Fsp3) is 0. The standard InChI is InChI=1S/C7H5N2S/c1-3-7(10-6-1)9-5-2-4-8-9/h1-2,4-6H. The van der Waals surface area contributed by atoms with Crippen molar-refractivity contribution in [3.05, 3.63) is 36.0 Å². The van der Waals surface area contributed by atoms with Crippen LogP contribution in [0, 0.1) is 6.07 Å². The second-order valence-corrected chi connectivity index (χ2v) is 2.72. The van der Waals surface area contributed by atoms with Crippen LogP contribution in [-0.2, 0) is 0 Å². The van der Waals surface area contributed by atoms with Crippen molar-refractivity contribution in [1.29, 1.82) is 0 Å². The zero-order valence-electron chi connectivity index (χ0n) is 5.19. The number of nitrogens with zero attached hydrogens (tertiary/aromatic N) is 2. The quantitative estimate of drug-likeness (QED) is 0.603. The molecule has 0 spiro atoms. The maximum Gasteiger partial charge on any atom is 0.125 e. The van der Waals surface area contributed by atoms with Gasteiger partial charge in [-0.25, -0.2) is 4.68 Å². The normalized spacial score (nSPS) is 10.0. The largest absolute Gasteiger partial charge is 0.230 e. The molecule has 2 aromatic heterocycles. The molecule has 2 rings (SSSR count). The molecule has 0 aliphatic rings. The van der Waals surface area contributed by atoms with E-state index in [4.69, 9.17) is 0 Å². The lowest BCUT2D eigenvalue weighted by Gasteiger charge is -1.91. The van der Waals surface area contributed by atoms with Crippen molar-refractivity contribution in [2.24, 2.45) is 0 Å². The van der Waals surface area contributed by atoms with E-state index >= 15 is 0 Å². The third kappa shape index (κ3) is 0.844. The summed E-state index contributed by atoms with van der Waals surface area (Å²) in [4.78, 5) is 0. The SMILES string of the molecule is [c]1ccsc1-n1cccn1. The highest BCUT2D eigenvalue weighted by molar-refractivity contribution is 7.12. The van der Waals surface area contributed by atoms with Gasteiger partial charge in [0.05, 0.1) is 0 Å². The zero-order valence-corrected chi connectivity index (χ0v) is 6.01. The molecule has 0 saturated heterocycles. The number of thiophene rings is 1. The summed E-state index contributed by atoms with van der Waals surface area (Å²) >= 11 is 1.63. The first kappa shape index (κ1) is 5.68. The van der Waals surface area contributed by atoms with Crippen molar-refractivity contribution in [2.45, 2.75) is 0 Å². The van der Waals surface area contributed by atoms with Gasteiger partial charge in [-0.1, -0.05) is 0 Å². The lowest BCUT2D eigenvalue weighted by molar-refractivity contribution is 0.896. The van der Waals surface area contributed by atoms with Crippen LogP contribution in [0.5, 0.6) is 0 Å². The summed E-state index contributed by atoms with van der Waals surface area (Å²) in [6.07, 6.45) is 3.66. The van der Waals surface area contributed by atoms with Crippen LogP contribution >= 0.6 is 11.3 Å². The van der Waals surface area contributed by atoms with E-state index in [2.05, 4.69) is 11.2 Å². The molecule has 49 valence electrons. The number of rotatable bonds is 1. The molecule has 2 nitrogen and oxygen atoms in total. The van der Waals surface area contributed by atoms with Crippen molar-refractivity contribution in [3.8, 4) is 5.00 Å². The van der Waals surface area contributed by atoms with E-state index in [1.165, 1.54) is 0 Å². The summed E-state index contributed by atoms with van der Waals surface area (Å²) in [6.45, 7) is 0. The predicted octanol–water partition coefficient (Wildman–Crippen LogP) is 1.73. The highest BCUT2D eigenvalue weighted by atomic mass is 32.1. The molecule has 0 bridgehead atoms. The van der Waals surface area contributed by atoms with Gasteiger partial charge in [0.2, 0.25) is 0 Å². The van der Waals surface area contributed by atoms with E-state index in [9.17, 15) is 0 Å². The van der Waals surface area contributed by atoms with Crippen molar-refractivity contribution in [2.75, 3.05) is 0 Å². The lowest BCUT2D eigenvalue weighted by Crippen LogP contribution is -1.88. The Labute approximate surface area is 62.7 Å². The first-order chi connectivity index (χ1) is 4.97. The van der Waals surface area contributed by atoms with Crippen LogP contribution in [0.4, 0.5) is 0 Å². The summed E-state index contributed by atoms with van der Waals surface area (Å²) in [5, 5.41) is 7.07. The molecule has 0 amide bonds. The van der Waals surface area contributed by atoms with Gasteiger partial charge in [0, 0.05) is 18.5 Å². The average molecular weight is 149 g/mol. The topological polar surface area (TPSA) is 17.8 Å². The molecule has 2 heterocycles. The van der Waals surface area contributed by atoms with Crippen molar-refractivity contribution in [1.82, 2.24) is 9.78 Å². The lowest BCUT2D eigenvalue weighted by atomic mass is 10.6. The summed E-state index contributed by atoms with van der Waals surface area (Å²) in [5.74, 6) is 0. The van der Waals surface area contributed by atoms with Gasteiger partial charge in [0.15, 0.2) is 0 Å². The molecule has 0 saturated carbocycles. The minimum absolute atomic E-state index is 1.03. The molecule has 2 aromatic rings. The molecule has 0 aliphatic heterocycles. The molecular weight excluding hydrogens is 144 g/mol. The first-order valence-electron chi connectivity index (χ1n) is 2.92. The summed E-state index contributed by atoms with van der Waals surface area (Å²) in [6, 6.07) is 6.85. The molecule has 0 N–H and O–H groups in total. The number of hydrogen-bond donors (Lipinski definition) is 0. The summed E-state index contributed by atoms with van der Waals surface area (Å²) in [5.41, 5.74) is 0. The predicted molar refractivity (Wildman–Crippen MR) is 40.3 cm³/mol. The summed E-state index contributed by atoms with van der Waals surface area (Å²) in [7, 11) is 0. The zero-order chi connectivity index (χ0) is 6.81. The third-order valence-electron chi connectivity index (χ3n) is 1.17. The Bertz CT molecular complexity index is 251. The first-order valence-corrected chi connectivity index (χ1v) is 3.80. The minimum atomic E-state index is 1.03. The smallest absolute Gasteiger partial charge is 0.125 e. The van der Waals surface area contributed by atoms with E-state index in [0.29, 0.717) is 0 Å². The van der Waals surface area contributed by atoms with Gasteiger partial charge >= 0.3 is 0 Å². The molecule has 0 atom stereocenters. The molecule has 1 radical (unpaired) electrons. The molecule has 0 aliphatic carbocycles. The van der Waals surface area contributed by atoms with E-state index in [1.54, 1.807) is 22.2 Å². The Hall–Kier alpha value is -1.09. The van der Waals surface area contributed by atoms with E-state index in [-0.39, 0.29) is 0 Å². The van der Waals surface area contributed by atoms with Crippen molar-refractivity contribution < 1.29 is 0 Å². The van der Waals surface area contributed by atoms with Gasteiger partial charge < -0.3 is 0 Å². The number of aromatic nitrogens is 2. The molecule has 0 unspecified atom stereocenters. The molecule has 0 aromatic carbocycles. The Morgan fingerprint density at radius 2 is 2.60 bits per heavy atom. The van der Waals surface area contributed by atoms with Gasteiger partial charge in [0.1, 0.15) is 5.00 Å². The van der Waals surface area contributed by atoms with E-state index < -0.39 is 0 Å². The number of hydrogen-bond acceptors (Lipinski definition) is 2. The van der Waals surface area contributed by atoms with Crippen LogP contribution in [0.15, 0.2) is 29.9 Å². The van der Waals surface area contributed by atoms with Crippen LogP contribution in [0.1, 0.15) is 0 Å². The Morgan fingerprint density at radius 1 is 1.60 bits per heavy atom. The Kier molecular flexibility index (Phi) is 1.29. The van der Waals surface area contributed by atoms with Gasteiger partial charge in [0.25, 0.3) is 0 Å². The maximum absolute atomic E-state index is 4.05. The van der Waals surface area contributed by atoms with Gasteiger partial charge in [-0.3, -0.25) is 0 Å². The molecule has 10 heavy (non-hydrogen) atoms. The molecule has 3 heteroatoms. The van der Waals surface area contributed by atoms with Crippen LogP contribution < -0.4 is 0 Å². The maximum atomic E-state index is 4.05. The summed E-state index contributed by atoms with van der Waals surface area (Å²) < 4.78 is 1.80. The van der Waals surface area contributed by atoms with E-state index in [1.807, 2.05) is 23.7 Å². The third-order valence-corrected chi connectivity index (χ3v) is 1.97. The van der Waals surface area contributed by atoms with E-state index in [0.717, 1.165) is 5.00 Å².